The van der Waals surface area contributed by atoms with Crippen LogP contribution >= 0.6 is 11.8 Å². The third-order valence-electron chi connectivity index (χ3n) is 5.44. The molecule has 1 aromatic rings. The third kappa shape index (κ3) is 4.52. The lowest BCUT2D eigenvalue weighted by Crippen LogP contribution is -2.52. The molecule has 0 aromatic heterocycles. The van der Waals surface area contributed by atoms with E-state index in [4.69, 9.17) is 0 Å². The molecule has 2 heterocycles. The summed E-state index contributed by atoms with van der Waals surface area (Å²) in [7, 11) is -3.56. The monoisotopic (exact) mass is 425 g/mol. The van der Waals surface area contributed by atoms with E-state index in [1.165, 1.54) is 16.1 Å². The van der Waals surface area contributed by atoms with E-state index >= 15 is 0 Å². The first-order valence-electron chi connectivity index (χ1n) is 9.56. The van der Waals surface area contributed by atoms with Gasteiger partial charge >= 0.3 is 0 Å². The molecule has 3 rings (SSSR count). The van der Waals surface area contributed by atoms with Gasteiger partial charge in [0.2, 0.25) is 21.8 Å². The normalized spacial score (nSPS) is 19.9. The number of piperazine rings is 1. The first-order chi connectivity index (χ1) is 13.3. The van der Waals surface area contributed by atoms with Crippen LogP contribution in [0.25, 0.3) is 0 Å². The second kappa shape index (κ2) is 8.84. The molecule has 0 aliphatic carbocycles. The minimum atomic E-state index is -3.56. The Morgan fingerprint density at radius 3 is 2.32 bits per heavy atom. The largest absolute Gasteiger partial charge is 0.339 e. The molecule has 1 atom stereocenters. The maximum absolute atomic E-state index is 12.9. The van der Waals surface area contributed by atoms with Crippen LogP contribution in [-0.4, -0.2) is 78.7 Å². The van der Waals surface area contributed by atoms with Crippen LogP contribution in [0, 0.1) is 0 Å². The number of thioether (sulfide) groups is 1. The van der Waals surface area contributed by atoms with Crippen molar-refractivity contribution in [2.24, 2.45) is 0 Å². The van der Waals surface area contributed by atoms with Crippen LogP contribution in [0.4, 0.5) is 0 Å². The Bertz CT molecular complexity index is 818. The van der Waals surface area contributed by atoms with Crippen molar-refractivity contribution in [3.05, 3.63) is 29.8 Å². The van der Waals surface area contributed by atoms with Crippen molar-refractivity contribution in [2.75, 3.05) is 44.4 Å². The first kappa shape index (κ1) is 21.1. The van der Waals surface area contributed by atoms with Gasteiger partial charge in [-0.15, -0.1) is 11.8 Å². The summed E-state index contributed by atoms with van der Waals surface area (Å²) in [6, 6.07) is 7.10. The van der Waals surface area contributed by atoms with Crippen LogP contribution in [-0.2, 0) is 19.6 Å². The maximum Gasteiger partial charge on any atom is 0.243 e. The van der Waals surface area contributed by atoms with E-state index in [9.17, 15) is 18.0 Å². The highest BCUT2D eigenvalue weighted by Gasteiger charge is 2.31. The zero-order valence-corrected chi connectivity index (χ0v) is 18.0. The summed E-state index contributed by atoms with van der Waals surface area (Å²) < 4.78 is 27.2. The Labute approximate surface area is 171 Å². The van der Waals surface area contributed by atoms with Crippen LogP contribution in [0.2, 0.25) is 0 Å². The fourth-order valence-corrected chi connectivity index (χ4v) is 5.66. The summed E-state index contributed by atoms with van der Waals surface area (Å²) >= 11 is 1.50. The number of hydrogen-bond donors (Lipinski definition) is 0. The van der Waals surface area contributed by atoms with Crippen molar-refractivity contribution < 1.29 is 18.0 Å². The second-order valence-electron chi connectivity index (χ2n) is 7.23. The minimum absolute atomic E-state index is 0.0135. The predicted octanol–water partition coefficient (Wildman–Crippen LogP) is 1.57. The SMILES string of the molecule is CC[C@H](C)c1ccc(S(=O)(=O)N2CCN(C(=O)CN3CSCC3=O)CC2)cc1. The van der Waals surface area contributed by atoms with Gasteiger partial charge in [-0.05, 0) is 30.0 Å². The van der Waals surface area contributed by atoms with Gasteiger partial charge in [0.05, 0.1) is 16.5 Å². The van der Waals surface area contributed by atoms with Gasteiger partial charge in [-0.2, -0.15) is 4.31 Å². The number of carbonyl (C=O) groups is 2. The summed E-state index contributed by atoms with van der Waals surface area (Å²) in [5.41, 5.74) is 1.13. The molecule has 2 amide bonds. The molecule has 0 unspecified atom stereocenters. The average molecular weight is 426 g/mol. The molecule has 0 spiro atoms. The molecule has 7 nitrogen and oxygen atoms in total. The molecular formula is C19H27N3O4S2. The van der Waals surface area contributed by atoms with Crippen molar-refractivity contribution in [3.8, 4) is 0 Å². The van der Waals surface area contributed by atoms with E-state index in [-0.39, 0.29) is 31.4 Å². The number of amides is 2. The quantitative estimate of drug-likeness (QED) is 0.691. The molecule has 0 radical (unpaired) electrons. The Morgan fingerprint density at radius 2 is 1.79 bits per heavy atom. The zero-order valence-electron chi connectivity index (χ0n) is 16.3. The number of rotatable bonds is 6. The summed E-state index contributed by atoms with van der Waals surface area (Å²) in [6.07, 6.45) is 1.00. The first-order valence-corrected chi connectivity index (χ1v) is 12.2. The van der Waals surface area contributed by atoms with Crippen molar-refractivity contribution in [1.82, 2.24) is 14.1 Å². The van der Waals surface area contributed by atoms with Gasteiger partial charge in [0.15, 0.2) is 0 Å². The summed E-state index contributed by atoms with van der Waals surface area (Å²) in [6.45, 7) is 5.53. The van der Waals surface area contributed by atoms with E-state index in [1.54, 1.807) is 21.9 Å². The second-order valence-corrected chi connectivity index (χ2v) is 10.1. The molecule has 0 bridgehead atoms. The van der Waals surface area contributed by atoms with Gasteiger partial charge in [-0.3, -0.25) is 9.59 Å². The Morgan fingerprint density at radius 1 is 1.14 bits per heavy atom. The fraction of sp³-hybridized carbons (Fsp3) is 0.579. The lowest BCUT2D eigenvalue weighted by atomic mass is 9.99. The Hall–Kier alpha value is -1.58. The van der Waals surface area contributed by atoms with Crippen LogP contribution in [0.15, 0.2) is 29.2 Å². The van der Waals surface area contributed by atoms with Crippen molar-refractivity contribution in [1.29, 1.82) is 0 Å². The van der Waals surface area contributed by atoms with Crippen molar-refractivity contribution >= 4 is 33.6 Å². The topological polar surface area (TPSA) is 78.0 Å². The van der Waals surface area contributed by atoms with Gasteiger partial charge in [-0.1, -0.05) is 26.0 Å². The lowest BCUT2D eigenvalue weighted by molar-refractivity contribution is -0.138. The van der Waals surface area contributed by atoms with Crippen LogP contribution in [0.3, 0.4) is 0 Å². The number of benzene rings is 1. The van der Waals surface area contributed by atoms with Gasteiger partial charge in [0, 0.05) is 26.2 Å². The highest BCUT2D eigenvalue weighted by molar-refractivity contribution is 8.00. The third-order valence-corrected chi connectivity index (χ3v) is 8.30. The van der Waals surface area contributed by atoms with Gasteiger partial charge < -0.3 is 9.80 Å². The number of nitrogens with zero attached hydrogens (tertiary/aromatic N) is 3. The number of sulfonamides is 1. The molecule has 2 saturated heterocycles. The molecule has 9 heteroatoms. The Balaban J connectivity index is 1.58. The molecule has 28 heavy (non-hydrogen) atoms. The van der Waals surface area contributed by atoms with Crippen molar-refractivity contribution in [2.45, 2.75) is 31.1 Å². The molecule has 0 N–H and O–H groups in total. The predicted molar refractivity (Wildman–Crippen MR) is 110 cm³/mol. The summed E-state index contributed by atoms with van der Waals surface area (Å²) in [4.78, 5) is 27.6. The highest BCUT2D eigenvalue weighted by atomic mass is 32.2. The van der Waals surface area contributed by atoms with Gasteiger partial charge in [-0.25, -0.2) is 8.42 Å². The molecular weight excluding hydrogens is 398 g/mol. The average Bonchev–Trinajstić information content (AvgIpc) is 3.12. The van der Waals surface area contributed by atoms with E-state index < -0.39 is 10.0 Å². The molecule has 2 fully saturated rings. The fourth-order valence-electron chi connectivity index (χ4n) is 3.33. The molecule has 2 aliphatic rings. The van der Waals surface area contributed by atoms with Crippen LogP contribution < -0.4 is 0 Å². The zero-order chi connectivity index (χ0) is 20.3. The van der Waals surface area contributed by atoms with Gasteiger partial charge in [0.1, 0.15) is 6.54 Å². The summed E-state index contributed by atoms with van der Waals surface area (Å²) in [5, 5.41) is 0. The van der Waals surface area contributed by atoms with Crippen molar-refractivity contribution in [3.63, 3.8) is 0 Å². The van der Waals surface area contributed by atoms with Crippen LogP contribution in [0.1, 0.15) is 31.7 Å². The highest BCUT2D eigenvalue weighted by Crippen LogP contribution is 2.23. The van der Waals surface area contributed by atoms with E-state index in [0.29, 0.717) is 35.5 Å². The number of carbonyl (C=O) groups excluding carboxylic acids is 2. The summed E-state index contributed by atoms with van der Waals surface area (Å²) in [5.74, 6) is 1.24. The Kier molecular flexibility index (Phi) is 6.67. The van der Waals surface area contributed by atoms with E-state index in [0.717, 1.165) is 12.0 Å². The van der Waals surface area contributed by atoms with Crippen LogP contribution in [0.5, 0.6) is 0 Å². The molecule has 1 aromatic carbocycles. The van der Waals surface area contributed by atoms with Gasteiger partial charge in [0.25, 0.3) is 0 Å². The molecule has 0 saturated carbocycles. The molecule has 2 aliphatic heterocycles. The molecule has 154 valence electrons. The van der Waals surface area contributed by atoms with E-state index in [2.05, 4.69) is 13.8 Å². The maximum atomic E-state index is 12.9. The lowest BCUT2D eigenvalue weighted by Gasteiger charge is -2.34. The number of hydrogen-bond acceptors (Lipinski definition) is 5. The standard InChI is InChI=1S/C19H27N3O4S2/c1-3-15(2)16-4-6-17(7-5-16)28(25,26)22-10-8-20(9-11-22)18(23)12-21-14-27-13-19(21)24/h4-7,15H,3,8-14H2,1-2H3/t15-/m0/s1. The smallest absolute Gasteiger partial charge is 0.243 e. The van der Waals surface area contributed by atoms with E-state index in [1.807, 2.05) is 12.1 Å². The minimum Gasteiger partial charge on any atom is -0.339 e.